The first-order valence-electron chi connectivity index (χ1n) is 3.48. The van der Waals surface area contributed by atoms with Crippen LogP contribution in [0.1, 0.15) is 6.92 Å². The van der Waals surface area contributed by atoms with Gasteiger partial charge in [0.15, 0.2) is 0 Å². The van der Waals surface area contributed by atoms with E-state index in [4.69, 9.17) is 22.7 Å². The summed E-state index contributed by atoms with van der Waals surface area (Å²) < 4.78 is -1.34. The van der Waals surface area contributed by atoms with Gasteiger partial charge in [0.05, 0.1) is 0 Å². The third kappa shape index (κ3) is 1.28. The van der Waals surface area contributed by atoms with Crippen molar-refractivity contribution in [1.29, 1.82) is 10.5 Å². The Balaban J connectivity index is 3.12. The highest BCUT2D eigenvalue weighted by molar-refractivity contribution is 8.25. The summed E-state index contributed by atoms with van der Waals surface area (Å²) in [7, 11) is 0. The molecule has 0 bridgehead atoms. The van der Waals surface area contributed by atoms with Crippen LogP contribution in [0, 0.1) is 22.7 Å². The molecule has 1 fully saturated rings. The van der Waals surface area contributed by atoms with E-state index in [1.807, 2.05) is 0 Å². The zero-order valence-corrected chi connectivity index (χ0v) is 8.41. The largest absolute Gasteiger partial charge is 0.295 e. The maximum absolute atomic E-state index is 11.5. The highest BCUT2D eigenvalue weighted by Gasteiger charge is 2.51. The molecule has 0 saturated carbocycles. The number of nitrogens with zero attached hydrogens (tertiary/aromatic N) is 3. The lowest BCUT2D eigenvalue weighted by molar-refractivity contribution is -0.126. The fourth-order valence-electron chi connectivity index (χ4n) is 0.942. The van der Waals surface area contributed by atoms with Crippen LogP contribution >= 0.6 is 24.0 Å². The normalized spacial score (nSPS) is 19.8. The van der Waals surface area contributed by atoms with Crippen LogP contribution in [-0.2, 0) is 4.79 Å². The molecule has 66 valence electrons. The topological polar surface area (TPSA) is 67.9 Å². The maximum Gasteiger partial charge on any atom is 0.273 e. The molecule has 0 N–H and O–H groups in total. The Morgan fingerprint density at radius 2 is 2.15 bits per heavy atom. The van der Waals surface area contributed by atoms with Crippen LogP contribution in [0.15, 0.2) is 0 Å². The minimum atomic E-state index is -1.65. The number of amides is 1. The van der Waals surface area contributed by atoms with Gasteiger partial charge in [0.2, 0.25) is 0 Å². The average Bonchev–Trinajstić information content (AvgIpc) is 2.38. The molecular formula is C7H5N3OS2. The van der Waals surface area contributed by atoms with E-state index in [1.54, 1.807) is 19.1 Å². The van der Waals surface area contributed by atoms with Gasteiger partial charge in [-0.05, 0) is 18.7 Å². The van der Waals surface area contributed by atoms with Crippen molar-refractivity contribution in [2.75, 3.05) is 6.54 Å². The molecule has 0 aromatic rings. The van der Waals surface area contributed by atoms with Crippen molar-refractivity contribution in [1.82, 2.24) is 4.90 Å². The standard InChI is InChI=1S/C7H5N3OS2/c1-2-10-5(11)7(3-8,4-9)13-6(10)12/h2H2,1H3. The molecule has 1 saturated heterocycles. The Labute approximate surface area is 85.1 Å². The van der Waals surface area contributed by atoms with E-state index in [2.05, 4.69) is 0 Å². The second kappa shape index (κ2) is 3.33. The van der Waals surface area contributed by atoms with Crippen molar-refractivity contribution in [2.45, 2.75) is 11.7 Å². The molecule has 0 radical (unpaired) electrons. The second-order valence-corrected chi connectivity index (χ2v) is 4.17. The molecular weight excluding hydrogens is 206 g/mol. The SMILES string of the molecule is CCN1C(=O)C(C#N)(C#N)SC1=S. The summed E-state index contributed by atoms with van der Waals surface area (Å²) in [4.78, 5) is 12.8. The van der Waals surface area contributed by atoms with Gasteiger partial charge < -0.3 is 0 Å². The zero-order chi connectivity index (χ0) is 10.1. The van der Waals surface area contributed by atoms with Crippen LogP contribution in [-0.4, -0.2) is 26.4 Å². The minimum Gasteiger partial charge on any atom is -0.295 e. The summed E-state index contributed by atoms with van der Waals surface area (Å²) in [6.45, 7) is 2.14. The predicted molar refractivity (Wildman–Crippen MR) is 51.5 cm³/mol. The molecule has 6 heteroatoms. The van der Waals surface area contributed by atoms with E-state index >= 15 is 0 Å². The summed E-state index contributed by atoms with van der Waals surface area (Å²) in [5.41, 5.74) is 0. The molecule has 4 nitrogen and oxygen atoms in total. The molecule has 1 amide bonds. The first-order valence-corrected chi connectivity index (χ1v) is 4.71. The molecule has 0 spiro atoms. The average molecular weight is 211 g/mol. The van der Waals surface area contributed by atoms with Gasteiger partial charge in [0.25, 0.3) is 10.7 Å². The summed E-state index contributed by atoms with van der Waals surface area (Å²) in [5.74, 6) is -0.519. The summed E-state index contributed by atoms with van der Waals surface area (Å²) in [6, 6.07) is 3.39. The molecule has 1 heterocycles. The lowest BCUT2D eigenvalue weighted by Crippen LogP contribution is -2.37. The molecule has 13 heavy (non-hydrogen) atoms. The number of hydrogen-bond acceptors (Lipinski definition) is 5. The number of thiocarbonyl (C=S) groups is 1. The molecule has 1 aliphatic heterocycles. The third-order valence-electron chi connectivity index (χ3n) is 1.64. The van der Waals surface area contributed by atoms with Crippen LogP contribution in [0.3, 0.4) is 0 Å². The molecule has 1 rings (SSSR count). The molecule has 0 atom stereocenters. The Morgan fingerprint density at radius 1 is 1.62 bits per heavy atom. The zero-order valence-electron chi connectivity index (χ0n) is 6.77. The van der Waals surface area contributed by atoms with E-state index in [9.17, 15) is 4.79 Å². The quantitative estimate of drug-likeness (QED) is 0.596. The van der Waals surface area contributed by atoms with Gasteiger partial charge in [-0.2, -0.15) is 10.5 Å². The summed E-state index contributed by atoms with van der Waals surface area (Å²) in [5, 5.41) is 17.4. The van der Waals surface area contributed by atoms with E-state index in [0.29, 0.717) is 10.9 Å². The number of hydrogen-bond donors (Lipinski definition) is 0. The molecule has 0 unspecified atom stereocenters. The van der Waals surface area contributed by atoms with Gasteiger partial charge in [0.1, 0.15) is 16.5 Å². The van der Waals surface area contributed by atoms with Crippen molar-refractivity contribution < 1.29 is 4.79 Å². The first kappa shape index (κ1) is 9.97. The highest BCUT2D eigenvalue weighted by atomic mass is 32.2. The molecule has 0 aromatic carbocycles. The van der Waals surface area contributed by atoms with Crippen molar-refractivity contribution in [3.63, 3.8) is 0 Å². The van der Waals surface area contributed by atoms with Crippen LogP contribution in [0.2, 0.25) is 0 Å². The van der Waals surface area contributed by atoms with Gasteiger partial charge in [-0.3, -0.25) is 9.69 Å². The first-order chi connectivity index (χ1) is 6.11. The predicted octanol–water partition coefficient (Wildman–Crippen LogP) is 0.653. The molecule has 0 aromatic heterocycles. The van der Waals surface area contributed by atoms with Gasteiger partial charge in [-0.25, -0.2) is 0 Å². The van der Waals surface area contributed by atoms with E-state index in [1.165, 1.54) is 4.90 Å². The Bertz CT molecular complexity index is 338. The van der Waals surface area contributed by atoms with Gasteiger partial charge in [0, 0.05) is 6.54 Å². The molecule has 0 aliphatic carbocycles. The fourth-order valence-corrected chi connectivity index (χ4v) is 2.40. The summed E-state index contributed by atoms with van der Waals surface area (Å²) in [6.07, 6.45) is 0. The maximum atomic E-state index is 11.5. The Morgan fingerprint density at radius 3 is 2.38 bits per heavy atom. The monoisotopic (exact) mass is 211 g/mol. The lowest BCUT2D eigenvalue weighted by Gasteiger charge is -2.11. The second-order valence-electron chi connectivity index (χ2n) is 2.32. The van der Waals surface area contributed by atoms with E-state index in [-0.39, 0.29) is 0 Å². The van der Waals surface area contributed by atoms with Crippen molar-refractivity contribution >= 4 is 34.2 Å². The number of thioether (sulfide) groups is 1. The summed E-state index contributed by atoms with van der Waals surface area (Å²) >= 11 is 5.70. The number of carbonyl (C=O) groups is 1. The van der Waals surface area contributed by atoms with Gasteiger partial charge in [-0.1, -0.05) is 12.2 Å². The lowest BCUT2D eigenvalue weighted by atomic mass is 10.1. The Hall–Kier alpha value is -1.11. The van der Waals surface area contributed by atoms with Crippen molar-refractivity contribution in [3.05, 3.63) is 0 Å². The van der Waals surface area contributed by atoms with Crippen LogP contribution in [0.4, 0.5) is 0 Å². The number of nitriles is 2. The number of carbonyl (C=O) groups excluding carboxylic acids is 1. The fraction of sp³-hybridized carbons (Fsp3) is 0.429. The van der Waals surface area contributed by atoms with Crippen molar-refractivity contribution in [2.24, 2.45) is 0 Å². The van der Waals surface area contributed by atoms with Crippen LogP contribution in [0.5, 0.6) is 0 Å². The smallest absolute Gasteiger partial charge is 0.273 e. The van der Waals surface area contributed by atoms with Crippen molar-refractivity contribution in [3.8, 4) is 12.1 Å². The van der Waals surface area contributed by atoms with Crippen LogP contribution < -0.4 is 0 Å². The van der Waals surface area contributed by atoms with E-state index < -0.39 is 10.7 Å². The van der Waals surface area contributed by atoms with Crippen LogP contribution in [0.25, 0.3) is 0 Å². The third-order valence-corrected chi connectivity index (χ3v) is 3.17. The number of rotatable bonds is 1. The molecule has 1 aliphatic rings. The van der Waals surface area contributed by atoms with Gasteiger partial charge >= 0.3 is 0 Å². The highest BCUT2D eigenvalue weighted by Crippen LogP contribution is 2.36. The Kier molecular flexibility index (Phi) is 2.55. The van der Waals surface area contributed by atoms with Gasteiger partial charge in [-0.15, -0.1) is 0 Å². The minimum absolute atomic E-state index is 0.301. The van der Waals surface area contributed by atoms with E-state index in [0.717, 1.165) is 11.8 Å².